The third-order valence-corrected chi connectivity index (χ3v) is 2.97. The van der Waals surface area contributed by atoms with Crippen molar-refractivity contribution in [3.63, 3.8) is 0 Å². The number of nitrogens with one attached hydrogen (secondary N) is 1. The number of halogens is 2. The molecule has 0 amide bonds. The van der Waals surface area contributed by atoms with Gasteiger partial charge in [-0.1, -0.05) is 11.6 Å². The molecule has 0 saturated carbocycles. The molecule has 2 aromatic rings. The van der Waals surface area contributed by atoms with E-state index in [4.69, 9.17) is 11.6 Å². The molecule has 1 aromatic carbocycles. The summed E-state index contributed by atoms with van der Waals surface area (Å²) in [6.07, 6.45) is 0. The molecule has 1 heterocycles. The molecule has 3 nitrogen and oxygen atoms in total. The molecule has 0 fully saturated rings. The van der Waals surface area contributed by atoms with Crippen LogP contribution in [0.15, 0.2) is 18.2 Å². The number of benzene rings is 1. The Balaban J connectivity index is 2.59. The summed E-state index contributed by atoms with van der Waals surface area (Å²) in [6, 6.07) is 4.89. The van der Waals surface area contributed by atoms with Gasteiger partial charge in [0.25, 0.3) is 0 Å². The van der Waals surface area contributed by atoms with E-state index in [1.807, 2.05) is 6.07 Å². The normalized spacial score (nSPS) is 10.6. The molecule has 0 spiro atoms. The number of hydrogen-bond acceptors (Lipinski definition) is 2. The summed E-state index contributed by atoms with van der Waals surface area (Å²) >= 11 is 6.13. The summed E-state index contributed by atoms with van der Waals surface area (Å²) in [7, 11) is 3.58. The fourth-order valence-electron chi connectivity index (χ4n) is 1.68. The summed E-state index contributed by atoms with van der Waals surface area (Å²) in [5.74, 6) is 0.455. The Morgan fingerprint density at radius 2 is 2.06 bits per heavy atom. The van der Waals surface area contributed by atoms with E-state index in [2.05, 4.69) is 10.4 Å². The standard InChI is InChI=1S/C12H13ClFN3/c1-7-4-9(13)8(5-10(7)14)11-6-12(15-2)16-17(11)3/h4-6H,1-3H3,(H,15,16). The van der Waals surface area contributed by atoms with Crippen molar-refractivity contribution in [3.8, 4) is 11.3 Å². The number of aryl methyl sites for hydroxylation is 2. The van der Waals surface area contributed by atoms with Crippen molar-refractivity contribution >= 4 is 17.4 Å². The van der Waals surface area contributed by atoms with Gasteiger partial charge in [-0.15, -0.1) is 0 Å². The molecular weight excluding hydrogens is 241 g/mol. The van der Waals surface area contributed by atoms with E-state index in [1.54, 1.807) is 31.8 Å². The number of anilines is 1. The lowest BCUT2D eigenvalue weighted by Gasteiger charge is -2.06. The van der Waals surface area contributed by atoms with Crippen molar-refractivity contribution in [2.75, 3.05) is 12.4 Å². The number of nitrogens with zero attached hydrogens (tertiary/aromatic N) is 2. The molecule has 5 heteroatoms. The van der Waals surface area contributed by atoms with E-state index in [0.717, 1.165) is 11.5 Å². The average molecular weight is 254 g/mol. The zero-order chi connectivity index (χ0) is 12.6. The SMILES string of the molecule is CNc1cc(-c2cc(F)c(C)cc2Cl)n(C)n1. The second-order valence-corrected chi connectivity index (χ2v) is 4.28. The number of aromatic nitrogens is 2. The molecule has 1 aromatic heterocycles. The van der Waals surface area contributed by atoms with Gasteiger partial charge in [-0.25, -0.2) is 4.39 Å². The van der Waals surface area contributed by atoms with Crippen molar-refractivity contribution in [3.05, 3.63) is 34.6 Å². The Labute approximate surface area is 104 Å². The minimum Gasteiger partial charge on any atom is -0.372 e. The summed E-state index contributed by atoms with van der Waals surface area (Å²) < 4.78 is 15.2. The quantitative estimate of drug-likeness (QED) is 0.891. The van der Waals surface area contributed by atoms with E-state index in [0.29, 0.717) is 16.1 Å². The van der Waals surface area contributed by atoms with Crippen LogP contribution >= 0.6 is 11.6 Å². The number of hydrogen-bond donors (Lipinski definition) is 1. The minimum atomic E-state index is -0.267. The number of rotatable bonds is 2. The van der Waals surface area contributed by atoms with Crippen LogP contribution in [0.2, 0.25) is 5.02 Å². The first-order chi connectivity index (χ1) is 8.02. The lowest BCUT2D eigenvalue weighted by Crippen LogP contribution is -1.96. The van der Waals surface area contributed by atoms with Crippen molar-refractivity contribution in [2.24, 2.45) is 7.05 Å². The van der Waals surface area contributed by atoms with Crippen molar-refractivity contribution in [1.82, 2.24) is 9.78 Å². The Bertz CT molecular complexity index is 563. The molecule has 0 aliphatic heterocycles. The van der Waals surface area contributed by atoms with Crippen LogP contribution in [-0.2, 0) is 7.05 Å². The molecule has 1 N–H and O–H groups in total. The van der Waals surface area contributed by atoms with Crippen LogP contribution < -0.4 is 5.32 Å². The van der Waals surface area contributed by atoms with E-state index in [9.17, 15) is 4.39 Å². The Morgan fingerprint density at radius 1 is 1.35 bits per heavy atom. The van der Waals surface area contributed by atoms with Gasteiger partial charge in [0.15, 0.2) is 0 Å². The summed E-state index contributed by atoms with van der Waals surface area (Å²) in [5.41, 5.74) is 1.96. The zero-order valence-corrected chi connectivity index (χ0v) is 10.6. The Morgan fingerprint density at radius 3 is 2.65 bits per heavy atom. The van der Waals surface area contributed by atoms with Gasteiger partial charge in [0, 0.05) is 25.7 Å². The maximum absolute atomic E-state index is 13.6. The first-order valence-electron chi connectivity index (χ1n) is 5.20. The maximum Gasteiger partial charge on any atom is 0.148 e. The highest BCUT2D eigenvalue weighted by Gasteiger charge is 2.12. The molecule has 90 valence electrons. The van der Waals surface area contributed by atoms with Gasteiger partial charge in [0.05, 0.1) is 10.7 Å². The maximum atomic E-state index is 13.6. The van der Waals surface area contributed by atoms with Crippen LogP contribution in [0.1, 0.15) is 5.56 Å². The van der Waals surface area contributed by atoms with Crippen LogP contribution in [0.3, 0.4) is 0 Å². The van der Waals surface area contributed by atoms with Crippen molar-refractivity contribution in [1.29, 1.82) is 0 Å². The lowest BCUT2D eigenvalue weighted by atomic mass is 10.1. The first kappa shape index (κ1) is 11.9. The largest absolute Gasteiger partial charge is 0.372 e. The van der Waals surface area contributed by atoms with Gasteiger partial charge in [-0.2, -0.15) is 5.10 Å². The van der Waals surface area contributed by atoms with Gasteiger partial charge >= 0.3 is 0 Å². The van der Waals surface area contributed by atoms with E-state index >= 15 is 0 Å². The van der Waals surface area contributed by atoms with Gasteiger partial charge in [0.2, 0.25) is 0 Å². The summed E-state index contributed by atoms with van der Waals surface area (Å²) in [6.45, 7) is 1.69. The second-order valence-electron chi connectivity index (χ2n) is 3.87. The predicted molar refractivity (Wildman–Crippen MR) is 67.9 cm³/mol. The average Bonchev–Trinajstić information content (AvgIpc) is 2.65. The van der Waals surface area contributed by atoms with Crippen LogP contribution in [-0.4, -0.2) is 16.8 Å². The van der Waals surface area contributed by atoms with Crippen molar-refractivity contribution in [2.45, 2.75) is 6.92 Å². The van der Waals surface area contributed by atoms with E-state index < -0.39 is 0 Å². The van der Waals surface area contributed by atoms with Gasteiger partial charge in [-0.05, 0) is 24.6 Å². The van der Waals surface area contributed by atoms with Crippen LogP contribution in [0.4, 0.5) is 10.2 Å². The fraction of sp³-hybridized carbons (Fsp3) is 0.250. The monoisotopic (exact) mass is 253 g/mol. The second kappa shape index (κ2) is 4.37. The van der Waals surface area contributed by atoms with Crippen LogP contribution in [0.25, 0.3) is 11.3 Å². The van der Waals surface area contributed by atoms with Gasteiger partial charge < -0.3 is 5.32 Å². The Kier molecular flexibility index (Phi) is 3.07. The third kappa shape index (κ3) is 2.13. The molecule has 17 heavy (non-hydrogen) atoms. The lowest BCUT2D eigenvalue weighted by molar-refractivity contribution is 0.618. The molecule has 0 aliphatic carbocycles. The molecule has 0 bridgehead atoms. The van der Waals surface area contributed by atoms with E-state index in [-0.39, 0.29) is 5.82 Å². The summed E-state index contributed by atoms with van der Waals surface area (Å²) in [4.78, 5) is 0. The first-order valence-corrected chi connectivity index (χ1v) is 5.58. The molecule has 0 radical (unpaired) electrons. The fourth-order valence-corrected chi connectivity index (χ4v) is 2.00. The molecular formula is C12H13ClFN3. The Hall–Kier alpha value is -1.55. The van der Waals surface area contributed by atoms with Gasteiger partial charge in [-0.3, -0.25) is 4.68 Å². The molecule has 0 atom stereocenters. The summed E-state index contributed by atoms with van der Waals surface area (Å²) in [5, 5.41) is 7.68. The van der Waals surface area contributed by atoms with Crippen LogP contribution in [0, 0.1) is 12.7 Å². The third-order valence-electron chi connectivity index (χ3n) is 2.66. The van der Waals surface area contributed by atoms with Crippen molar-refractivity contribution < 1.29 is 4.39 Å². The van der Waals surface area contributed by atoms with E-state index in [1.165, 1.54) is 6.07 Å². The topological polar surface area (TPSA) is 29.9 Å². The smallest absolute Gasteiger partial charge is 0.148 e. The predicted octanol–water partition coefficient (Wildman–Crippen LogP) is 3.23. The minimum absolute atomic E-state index is 0.267. The van der Waals surface area contributed by atoms with Crippen LogP contribution in [0.5, 0.6) is 0 Å². The molecule has 0 saturated heterocycles. The zero-order valence-electron chi connectivity index (χ0n) is 9.88. The van der Waals surface area contributed by atoms with Gasteiger partial charge in [0.1, 0.15) is 11.6 Å². The highest BCUT2D eigenvalue weighted by Crippen LogP contribution is 2.31. The molecule has 0 aliphatic rings. The highest BCUT2D eigenvalue weighted by molar-refractivity contribution is 6.33. The highest BCUT2D eigenvalue weighted by atomic mass is 35.5. The molecule has 0 unspecified atom stereocenters. The molecule has 2 rings (SSSR count).